The van der Waals surface area contributed by atoms with E-state index < -0.39 is 0 Å². The number of carbonyl (C=O) groups is 1. The van der Waals surface area contributed by atoms with Crippen LogP contribution in [0.3, 0.4) is 0 Å². The fourth-order valence-corrected chi connectivity index (χ4v) is 4.26. The van der Waals surface area contributed by atoms with Gasteiger partial charge in [0, 0.05) is 50.5 Å². The molecule has 0 radical (unpaired) electrons. The number of amides is 1. The summed E-state index contributed by atoms with van der Waals surface area (Å²) in [5.41, 5.74) is 1.86. The minimum Gasteiger partial charge on any atom is -0.462 e. The molecule has 4 heterocycles. The van der Waals surface area contributed by atoms with Crippen LogP contribution < -0.4 is 0 Å². The molecule has 0 saturated carbocycles. The van der Waals surface area contributed by atoms with Crippen molar-refractivity contribution in [3.05, 3.63) is 59.6 Å². The number of nitrogens with zero attached hydrogens (tertiary/aromatic N) is 4. The minimum absolute atomic E-state index is 0.0880. The van der Waals surface area contributed by atoms with Gasteiger partial charge in [0.2, 0.25) is 5.91 Å². The zero-order valence-electron chi connectivity index (χ0n) is 16.9. The summed E-state index contributed by atoms with van der Waals surface area (Å²) in [6.07, 6.45) is 6.39. The molecule has 30 heavy (non-hydrogen) atoms. The number of thiazole rings is 1. The Bertz CT molecular complexity index is 908. The van der Waals surface area contributed by atoms with Crippen LogP contribution in [0.5, 0.6) is 0 Å². The molecule has 0 spiro atoms. The van der Waals surface area contributed by atoms with Crippen LogP contribution in [0.1, 0.15) is 17.7 Å². The average molecular weight is 427 g/mol. The highest BCUT2D eigenvalue weighted by atomic mass is 32.1. The van der Waals surface area contributed by atoms with E-state index in [0.29, 0.717) is 19.5 Å². The van der Waals surface area contributed by atoms with Gasteiger partial charge in [-0.1, -0.05) is 0 Å². The van der Waals surface area contributed by atoms with E-state index >= 15 is 0 Å². The number of aromatic nitrogens is 2. The van der Waals surface area contributed by atoms with Gasteiger partial charge in [-0.15, -0.1) is 11.3 Å². The summed E-state index contributed by atoms with van der Waals surface area (Å²) in [5, 5.41) is 2.74. The van der Waals surface area contributed by atoms with E-state index in [-0.39, 0.29) is 5.91 Å². The molecule has 0 bridgehead atoms. The number of morpholine rings is 1. The van der Waals surface area contributed by atoms with Crippen LogP contribution in [0.4, 0.5) is 0 Å². The highest BCUT2D eigenvalue weighted by Crippen LogP contribution is 2.24. The molecule has 3 aromatic rings. The lowest BCUT2D eigenvalue weighted by Gasteiger charge is -2.28. The molecule has 0 atom stereocenters. The maximum absolute atomic E-state index is 13.1. The first-order valence-electron chi connectivity index (χ1n) is 10.2. The third-order valence-electron chi connectivity index (χ3n) is 5.10. The summed E-state index contributed by atoms with van der Waals surface area (Å²) in [6, 6.07) is 7.64. The zero-order chi connectivity index (χ0) is 20.6. The Morgan fingerprint density at radius 1 is 1.20 bits per heavy atom. The summed E-state index contributed by atoms with van der Waals surface area (Å²) >= 11 is 1.50. The lowest BCUT2D eigenvalue weighted by atomic mass is 10.2. The van der Waals surface area contributed by atoms with Crippen LogP contribution in [0.15, 0.2) is 52.7 Å². The molecule has 0 N–H and O–H groups in total. The summed E-state index contributed by atoms with van der Waals surface area (Å²) in [5.74, 6) is 0.822. The molecule has 7 nitrogen and oxygen atoms in total. The third-order valence-corrected chi connectivity index (χ3v) is 6.00. The van der Waals surface area contributed by atoms with Gasteiger partial charge in [-0.25, -0.2) is 4.98 Å². The molecule has 158 valence electrons. The van der Waals surface area contributed by atoms with Gasteiger partial charge < -0.3 is 14.1 Å². The van der Waals surface area contributed by atoms with E-state index in [4.69, 9.17) is 9.15 Å². The molecule has 4 rings (SSSR count). The monoisotopic (exact) mass is 426 g/mol. The van der Waals surface area contributed by atoms with Crippen LogP contribution in [0.2, 0.25) is 0 Å². The van der Waals surface area contributed by atoms with Crippen molar-refractivity contribution in [3.8, 4) is 10.8 Å². The second-order valence-corrected chi connectivity index (χ2v) is 8.13. The molecule has 0 unspecified atom stereocenters. The topological polar surface area (TPSA) is 71.7 Å². The number of furan rings is 1. The van der Waals surface area contributed by atoms with E-state index in [1.54, 1.807) is 18.7 Å². The van der Waals surface area contributed by atoms with E-state index in [1.807, 2.05) is 34.5 Å². The summed E-state index contributed by atoms with van der Waals surface area (Å²) < 4.78 is 10.8. The number of rotatable bonds is 9. The molecule has 0 aromatic carbocycles. The summed E-state index contributed by atoms with van der Waals surface area (Å²) in [7, 11) is 0. The molecule has 3 aromatic heterocycles. The van der Waals surface area contributed by atoms with Crippen molar-refractivity contribution in [3.63, 3.8) is 0 Å². The van der Waals surface area contributed by atoms with E-state index in [9.17, 15) is 4.79 Å². The number of carbonyl (C=O) groups excluding carboxylic acids is 1. The maximum atomic E-state index is 13.1. The number of hydrogen-bond donors (Lipinski definition) is 0. The van der Waals surface area contributed by atoms with E-state index in [0.717, 1.165) is 61.3 Å². The van der Waals surface area contributed by atoms with E-state index in [2.05, 4.69) is 14.9 Å². The molecule has 1 aliphatic rings. The van der Waals surface area contributed by atoms with Crippen molar-refractivity contribution in [2.24, 2.45) is 0 Å². The molecule has 8 heteroatoms. The highest BCUT2D eigenvalue weighted by molar-refractivity contribution is 7.13. The zero-order valence-corrected chi connectivity index (χ0v) is 17.7. The predicted octanol–water partition coefficient (Wildman–Crippen LogP) is 3.09. The molecule has 1 amide bonds. The van der Waals surface area contributed by atoms with Gasteiger partial charge in [0.05, 0.1) is 31.6 Å². The quantitative estimate of drug-likeness (QED) is 0.524. The first kappa shape index (κ1) is 20.7. The van der Waals surface area contributed by atoms with Crippen LogP contribution in [-0.4, -0.2) is 65.1 Å². The Kier molecular flexibility index (Phi) is 7.23. The van der Waals surface area contributed by atoms with E-state index in [1.165, 1.54) is 11.3 Å². The Morgan fingerprint density at radius 2 is 2.03 bits per heavy atom. The van der Waals surface area contributed by atoms with Crippen molar-refractivity contribution in [1.82, 2.24) is 19.8 Å². The van der Waals surface area contributed by atoms with Crippen molar-refractivity contribution < 1.29 is 13.9 Å². The van der Waals surface area contributed by atoms with Crippen molar-refractivity contribution in [2.45, 2.75) is 19.4 Å². The van der Waals surface area contributed by atoms with Gasteiger partial charge in [-0.2, -0.15) is 0 Å². The fourth-order valence-electron chi connectivity index (χ4n) is 3.48. The van der Waals surface area contributed by atoms with Gasteiger partial charge in [0.25, 0.3) is 0 Å². The van der Waals surface area contributed by atoms with Crippen LogP contribution in [0.25, 0.3) is 10.8 Å². The summed E-state index contributed by atoms with van der Waals surface area (Å²) in [4.78, 5) is 26.1. The van der Waals surface area contributed by atoms with Crippen molar-refractivity contribution >= 4 is 17.2 Å². The van der Waals surface area contributed by atoms with Crippen LogP contribution in [-0.2, 0) is 22.5 Å². The molecular weight excluding hydrogens is 400 g/mol. The Balaban J connectivity index is 1.37. The molecular formula is C22H26N4O3S. The third kappa shape index (κ3) is 5.75. The van der Waals surface area contributed by atoms with Gasteiger partial charge in [-0.3, -0.25) is 14.7 Å². The molecule has 0 aliphatic carbocycles. The standard InChI is InChI=1S/C22H26N4O3S/c27-21(15-19-17-30-22(24-19)20-3-1-12-29-20)26(16-18-4-6-23-7-5-18)9-2-8-25-10-13-28-14-11-25/h1,3-7,12,17H,2,8-11,13-16H2. The molecule has 1 fully saturated rings. The van der Waals surface area contributed by atoms with Crippen molar-refractivity contribution in [1.29, 1.82) is 0 Å². The molecule has 1 aliphatic heterocycles. The molecule has 1 saturated heterocycles. The lowest BCUT2D eigenvalue weighted by molar-refractivity contribution is -0.131. The number of hydrogen-bond acceptors (Lipinski definition) is 7. The highest BCUT2D eigenvalue weighted by Gasteiger charge is 2.18. The Morgan fingerprint density at radius 3 is 2.80 bits per heavy atom. The van der Waals surface area contributed by atoms with Crippen molar-refractivity contribution in [2.75, 3.05) is 39.4 Å². The lowest BCUT2D eigenvalue weighted by Crippen LogP contribution is -2.39. The minimum atomic E-state index is 0.0880. The van der Waals surface area contributed by atoms with Crippen LogP contribution >= 0.6 is 11.3 Å². The predicted molar refractivity (Wildman–Crippen MR) is 115 cm³/mol. The number of ether oxygens (including phenoxy) is 1. The first-order valence-corrected chi connectivity index (χ1v) is 11.1. The normalized spacial score (nSPS) is 14.7. The Hall–Kier alpha value is -2.55. The first-order chi connectivity index (χ1) is 14.8. The smallest absolute Gasteiger partial charge is 0.228 e. The summed E-state index contributed by atoms with van der Waals surface area (Å²) in [6.45, 7) is 5.79. The Labute approximate surface area is 180 Å². The average Bonchev–Trinajstić information content (AvgIpc) is 3.46. The largest absolute Gasteiger partial charge is 0.462 e. The van der Waals surface area contributed by atoms with Gasteiger partial charge in [0.1, 0.15) is 0 Å². The maximum Gasteiger partial charge on any atom is 0.228 e. The van der Waals surface area contributed by atoms with Crippen LogP contribution in [0, 0.1) is 0 Å². The van der Waals surface area contributed by atoms with Gasteiger partial charge in [-0.05, 0) is 36.2 Å². The second kappa shape index (κ2) is 10.5. The van der Waals surface area contributed by atoms with Gasteiger partial charge in [0.15, 0.2) is 10.8 Å². The second-order valence-electron chi connectivity index (χ2n) is 7.28. The fraction of sp³-hybridized carbons (Fsp3) is 0.409. The number of pyridine rings is 1. The van der Waals surface area contributed by atoms with Gasteiger partial charge >= 0.3 is 0 Å². The SMILES string of the molecule is O=C(Cc1csc(-c2ccco2)n1)N(CCCN1CCOCC1)Cc1ccncc1.